The summed E-state index contributed by atoms with van der Waals surface area (Å²) in [6.45, 7) is 4.75. The van der Waals surface area contributed by atoms with E-state index >= 15 is 0 Å². The number of likely N-dealkylation sites (N-methyl/N-ethyl adjacent to an activating group) is 1. The molecule has 3 rings (SSSR count). The molecule has 1 aromatic rings. The molecule has 0 aromatic heterocycles. The molecule has 2 atom stereocenters. The third-order valence-corrected chi connectivity index (χ3v) is 5.65. The zero-order chi connectivity index (χ0) is 18.0. The van der Waals surface area contributed by atoms with Crippen molar-refractivity contribution in [1.29, 1.82) is 0 Å². The van der Waals surface area contributed by atoms with E-state index in [-0.39, 0.29) is 29.0 Å². The number of piperazine rings is 1. The maximum atomic E-state index is 13.9. The van der Waals surface area contributed by atoms with Crippen molar-refractivity contribution >= 4 is 17.5 Å². The lowest BCUT2D eigenvalue weighted by Gasteiger charge is -2.44. The number of benzene rings is 1. The van der Waals surface area contributed by atoms with Crippen LogP contribution in [0.2, 0.25) is 5.02 Å². The van der Waals surface area contributed by atoms with E-state index in [1.165, 1.54) is 12.1 Å². The Morgan fingerprint density at radius 2 is 2.00 bits per heavy atom. The van der Waals surface area contributed by atoms with E-state index in [0.717, 1.165) is 32.6 Å². The molecule has 2 aliphatic heterocycles. The van der Waals surface area contributed by atoms with Crippen LogP contribution in [0.5, 0.6) is 0 Å². The van der Waals surface area contributed by atoms with E-state index in [1.54, 1.807) is 11.0 Å². The molecule has 2 aliphatic rings. The number of likely N-dealkylation sites (tertiary alicyclic amines) is 1. The van der Waals surface area contributed by atoms with Gasteiger partial charge < -0.3 is 14.9 Å². The van der Waals surface area contributed by atoms with Crippen LogP contribution in [0.1, 0.15) is 12.0 Å². The predicted molar refractivity (Wildman–Crippen MR) is 95.2 cm³/mol. The minimum atomic E-state index is -0.572. The molecule has 2 saturated heterocycles. The molecule has 25 heavy (non-hydrogen) atoms. The first-order valence-corrected chi connectivity index (χ1v) is 9.15. The molecule has 0 bridgehead atoms. The zero-order valence-corrected chi connectivity index (χ0v) is 15.3. The fourth-order valence-corrected chi connectivity index (χ4v) is 3.92. The number of amides is 1. The molecule has 0 aliphatic carbocycles. The lowest BCUT2D eigenvalue weighted by atomic mass is 9.98. The third-order valence-electron chi connectivity index (χ3n) is 5.30. The third kappa shape index (κ3) is 4.31. The highest BCUT2D eigenvalue weighted by molar-refractivity contribution is 6.31. The number of hydrogen-bond donors (Lipinski definition) is 1. The Morgan fingerprint density at radius 1 is 1.28 bits per heavy atom. The zero-order valence-electron chi connectivity index (χ0n) is 14.5. The van der Waals surface area contributed by atoms with Gasteiger partial charge in [0.25, 0.3) is 0 Å². The summed E-state index contributed by atoms with van der Waals surface area (Å²) in [5.74, 6) is -0.656. The number of halogens is 2. The van der Waals surface area contributed by atoms with Crippen LogP contribution < -0.4 is 0 Å². The Labute approximate surface area is 153 Å². The summed E-state index contributed by atoms with van der Waals surface area (Å²) in [7, 11) is 2.10. The molecule has 7 heteroatoms. The van der Waals surface area contributed by atoms with Crippen LogP contribution in [-0.2, 0) is 11.2 Å². The van der Waals surface area contributed by atoms with Gasteiger partial charge in [0.2, 0.25) is 5.91 Å². The van der Waals surface area contributed by atoms with Crippen LogP contribution in [0.3, 0.4) is 0 Å². The van der Waals surface area contributed by atoms with Crippen molar-refractivity contribution in [2.75, 3.05) is 46.3 Å². The van der Waals surface area contributed by atoms with E-state index < -0.39 is 11.9 Å². The van der Waals surface area contributed by atoms with Crippen molar-refractivity contribution in [2.45, 2.75) is 25.0 Å². The average molecular weight is 370 g/mol. The summed E-state index contributed by atoms with van der Waals surface area (Å²) in [4.78, 5) is 18.7. The van der Waals surface area contributed by atoms with Crippen molar-refractivity contribution in [1.82, 2.24) is 14.7 Å². The highest BCUT2D eigenvalue weighted by Gasteiger charge is 2.35. The van der Waals surface area contributed by atoms with Gasteiger partial charge in [-0.2, -0.15) is 0 Å². The minimum absolute atomic E-state index is 0.0720. The normalized spacial score (nSPS) is 26.0. The first-order chi connectivity index (χ1) is 12.0. The number of aliphatic hydroxyl groups excluding tert-OH is 1. The molecular weight excluding hydrogens is 345 g/mol. The summed E-state index contributed by atoms with van der Waals surface area (Å²) in [6.07, 6.45) is 0.0937. The summed E-state index contributed by atoms with van der Waals surface area (Å²) < 4.78 is 13.9. The summed E-state index contributed by atoms with van der Waals surface area (Å²) >= 11 is 6.01. The van der Waals surface area contributed by atoms with Crippen molar-refractivity contribution in [3.05, 3.63) is 34.6 Å². The summed E-state index contributed by atoms with van der Waals surface area (Å²) in [6, 6.07) is 4.51. The first kappa shape index (κ1) is 18.6. The second-order valence-corrected chi connectivity index (χ2v) is 7.39. The van der Waals surface area contributed by atoms with Gasteiger partial charge in [0.15, 0.2) is 0 Å². The molecule has 0 spiro atoms. The van der Waals surface area contributed by atoms with Gasteiger partial charge in [0, 0.05) is 55.9 Å². The number of aliphatic hydroxyl groups is 1. The molecule has 0 radical (unpaired) electrons. The molecule has 2 fully saturated rings. The molecule has 0 unspecified atom stereocenters. The first-order valence-electron chi connectivity index (χ1n) is 8.77. The van der Waals surface area contributed by atoms with Crippen molar-refractivity contribution in [2.24, 2.45) is 0 Å². The average Bonchev–Trinajstić information content (AvgIpc) is 2.59. The minimum Gasteiger partial charge on any atom is -0.390 e. The molecular formula is C18H25ClFN3O2. The second kappa shape index (κ2) is 7.99. The maximum Gasteiger partial charge on any atom is 0.227 e. The van der Waals surface area contributed by atoms with Gasteiger partial charge >= 0.3 is 0 Å². The molecule has 5 nitrogen and oxygen atoms in total. The van der Waals surface area contributed by atoms with E-state index in [1.807, 2.05) is 0 Å². The molecule has 1 amide bonds. The van der Waals surface area contributed by atoms with Crippen molar-refractivity contribution in [3.63, 3.8) is 0 Å². The topological polar surface area (TPSA) is 47.0 Å². The van der Waals surface area contributed by atoms with Crippen LogP contribution in [0.25, 0.3) is 0 Å². The van der Waals surface area contributed by atoms with Crippen LogP contribution in [-0.4, -0.2) is 84.2 Å². The Hall–Kier alpha value is -1.21. The lowest BCUT2D eigenvalue weighted by Crippen LogP contribution is -2.59. The molecule has 2 heterocycles. The SMILES string of the molecule is CN1CCN([C@@H]2CCN(C(=O)Cc3c(F)cccc3Cl)C[C@H]2O)CC1. The van der Waals surface area contributed by atoms with Gasteiger partial charge in [-0.1, -0.05) is 17.7 Å². The summed E-state index contributed by atoms with van der Waals surface area (Å²) in [5.41, 5.74) is 0.227. The van der Waals surface area contributed by atoms with Crippen LogP contribution in [0.15, 0.2) is 18.2 Å². The quantitative estimate of drug-likeness (QED) is 0.870. The number of carbonyl (C=O) groups is 1. The fourth-order valence-electron chi connectivity index (χ4n) is 3.69. The monoisotopic (exact) mass is 369 g/mol. The van der Waals surface area contributed by atoms with E-state index in [2.05, 4.69) is 16.8 Å². The Kier molecular flexibility index (Phi) is 5.94. The fraction of sp³-hybridized carbons (Fsp3) is 0.611. The molecule has 138 valence electrons. The van der Waals surface area contributed by atoms with Gasteiger partial charge in [0.05, 0.1) is 12.5 Å². The van der Waals surface area contributed by atoms with Gasteiger partial charge in [-0.3, -0.25) is 9.69 Å². The van der Waals surface area contributed by atoms with Crippen molar-refractivity contribution < 1.29 is 14.3 Å². The molecule has 1 N–H and O–H groups in total. The number of rotatable bonds is 3. The van der Waals surface area contributed by atoms with Crippen LogP contribution in [0, 0.1) is 5.82 Å². The Morgan fingerprint density at radius 3 is 2.64 bits per heavy atom. The van der Waals surface area contributed by atoms with Gasteiger partial charge in [-0.25, -0.2) is 4.39 Å². The number of carbonyl (C=O) groups excluding carboxylic acids is 1. The maximum absolute atomic E-state index is 13.9. The lowest BCUT2D eigenvalue weighted by molar-refractivity contribution is -0.136. The number of hydrogen-bond acceptors (Lipinski definition) is 4. The standard InChI is InChI=1S/C18H25ClFN3O2/c1-21-7-9-22(10-8-21)16-5-6-23(12-17(16)24)18(25)11-13-14(19)3-2-4-15(13)20/h2-4,16-17,24H,5-12H2,1H3/t16-,17-/m1/s1. The van der Waals surface area contributed by atoms with Crippen LogP contribution >= 0.6 is 11.6 Å². The predicted octanol–water partition coefficient (Wildman–Crippen LogP) is 1.23. The number of β-amino-alcohol motifs (C(OH)–C–C–N with tert-alkyl or cyclic N) is 1. The molecule has 1 aromatic carbocycles. The second-order valence-electron chi connectivity index (χ2n) is 6.98. The number of piperidine rings is 1. The van der Waals surface area contributed by atoms with E-state index in [9.17, 15) is 14.3 Å². The smallest absolute Gasteiger partial charge is 0.227 e. The van der Waals surface area contributed by atoms with Crippen LogP contribution in [0.4, 0.5) is 4.39 Å². The van der Waals surface area contributed by atoms with Gasteiger partial charge in [-0.05, 0) is 25.6 Å². The van der Waals surface area contributed by atoms with E-state index in [0.29, 0.717) is 13.1 Å². The van der Waals surface area contributed by atoms with Gasteiger partial charge in [0.1, 0.15) is 5.82 Å². The molecule has 0 saturated carbocycles. The highest BCUT2D eigenvalue weighted by Crippen LogP contribution is 2.23. The Balaban J connectivity index is 1.58. The number of nitrogens with zero attached hydrogens (tertiary/aromatic N) is 3. The highest BCUT2D eigenvalue weighted by atomic mass is 35.5. The largest absolute Gasteiger partial charge is 0.390 e. The summed E-state index contributed by atoms with van der Waals surface area (Å²) in [5, 5.41) is 10.8. The Bertz CT molecular complexity index is 602. The van der Waals surface area contributed by atoms with E-state index in [4.69, 9.17) is 11.6 Å². The van der Waals surface area contributed by atoms with Gasteiger partial charge in [-0.15, -0.1) is 0 Å². The van der Waals surface area contributed by atoms with Crippen molar-refractivity contribution in [3.8, 4) is 0 Å².